The Morgan fingerprint density at radius 2 is 0.750 bits per heavy atom. The van der Waals surface area contributed by atoms with E-state index in [9.17, 15) is 0 Å². The molecule has 1 heterocycles. The Balaban J connectivity index is 1.03. The highest BCUT2D eigenvalue weighted by Crippen LogP contribution is 2.51. The van der Waals surface area contributed by atoms with Crippen LogP contribution in [0, 0.1) is 13.8 Å². The molecule has 9 aromatic rings. The Hall–Kier alpha value is -7.43. The predicted octanol–water partition coefficient (Wildman–Crippen LogP) is 14.6. The molecule has 10 rings (SSSR count). The van der Waals surface area contributed by atoms with Crippen LogP contribution in [0.3, 0.4) is 0 Å². The topological polar surface area (TPSA) is 41.9 Å². The van der Waals surface area contributed by atoms with Crippen LogP contribution in [0.1, 0.15) is 36.1 Å². The van der Waals surface area contributed by atoms with E-state index in [0.717, 1.165) is 39.3 Å². The number of hydrogen-bond donors (Lipinski definition) is 0. The molecule has 288 valence electrons. The zero-order valence-corrected chi connectivity index (χ0v) is 34.3. The van der Waals surface area contributed by atoms with Gasteiger partial charge in [-0.1, -0.05) is 166 Å². The van der Waals surface area contributed by atoms with E-state index in [1.807, 2.05) is 60.7 Å². The number of nitrogens with zero attached hydrogens (tertiary/aromatic N) is 4. The number of aromatic nitrogens is 3. The van der Waals surface area contributed by atoms with Crippen molar-refractivity contribution in [2.75, 3.05) is 4.90 Å². The van der Waals surface area contributed by atoms with E-state index in [4.69, 9.17) is 15.0 Å². The summed E-state index contributed by atoms with van der Waals surface area (Å²) in [6, 6.07) is 69.0. The average Bonchev–Trinajstić information content (AvgIpc) is 3.53. The molecule has 0 amide bonds. The molecule has 0 spiro atoms. The summed E-state index contributed by atoms with van der Waals surface area (Å²) in [5, 5.41) is 0. The number of anilines is 3. The molecule has 0 saturated carbocycles. The molecule has 4 nitrogen and oxygen atoms in total. The van der Waals surface area contributed by atoms with Crippen LogP contribution < -0.4 is 4.90 Å². The average molecular weight is 773 g/mol. The van der Waals surface area contributed by atoms with E-state index in [1.54, 1.807) is 0 Å². The standard InChI is InChI=1S/C56H44N4/c1-37-34-43(55-58-53(41-18-10-6-11-19-41)57-54(59-55)42-20-12-7-13-21-42)26-31-47(37)48-32-29-45(35-38(48)2)60(44-27-24-40(25-28-44)39-16-8-5-9-17-39)46-30-33-50-49-22-14-15-23-51(49)56(3,4)52(50)36-46/h5-36H,1-4H3. The van der Waals surface area contributed by atoms with Gasteiger partial charge in [-0.15, -0.1) is 0 Å². The second kappa shape index (κ2) is 15.1. The van der Waals surface area contributed by atoms with Gasteiger partial charge in [-0.2, -0.15) is 0 Å². The first-order valence-corrected chi connectivity index (χ1v) is 20.6. The minimum absolute atomic E-state index is 0.109. The normalized spacial score (nSPS) is 12.5. The first kappa shape index (κ1) is 36.9. The summed E-state index contributed by atoms with van der Waals surface area (Å²) >= 11 is 0. The summed E-state index contributed by atoms with van der Waals surface area (Å²) in [5.74, 6) is 1.96. The largest absolute Gasteiger partial charge is 0.310 e. The lowest BCUT2D eigenvalue weighted by Crippen LogP contribution is -2.16. The Labute approximate surface area is 352 Å². The minimum Gasteiger partial charge on any atom is -0.310 e. The Kier molecular flexibility index (Phi) is 9.26. The van der Waals surface area contributed by atoms with Crippen molar-refractivity contribution in [3.05, 3.63) is 216 Å². The zero-order valence-electron chi connectivity index (χ0n) is 34.3. The van der Waals surface area contributed by atoms with Crippen LogP contribution in [0.2, 0.25) is 0 Å². The highest BCUT2D eigenvalue weighted by atomic mass is 15.1. The van der Waals surface area contributed by atoms with Gasteiger partial charge in [-0.25, -0.2) is 15.0 Å². The van der Waals surface area contributed by atoms with Crippen LogP contribution in [-0.2, 0) is 5.41 Å². The van der Waals surface area contributed by atoms with Gasteiger partial charge >= 0.3 is 0 Å². The molecule has 8 aromatic carbocycles. The third-order valence-electron chi connectivity index (χ3n) is 12.0. The molecule has 0 radical (unpaired) electrons. The van der Waals surface area contributed by atoms with Crippen LogP contribution >= 0.6 is 0 Å². The highest BCUT2D eigenvalue weighted by Gasteiger charge is 2.35. The molecule has 0 saturated heterocycles. The van der Waals surface area contributed by atoms with Gasteiger partial charge < -0.3 is 4.90 Å². The fraction of sp³-hybridized carbons (Fsp3) is 0.0893. The molecule has 0 unspecified atom stereocenters. The summed E-state index contributed by atoms with van der Waals surface area (Å²) in [6.45, 7) is 9.08. The second-order valence-corrected chi connectivity index (χ2v) is 16.2. The lowest BCUT2D eigenvalue weighted by atomic mass is 9.82. The highest BCUT2D eigenvalue weighted by molar-refractivity contribution is 5.87. The third kappa shape index (κ3) is 6.66. The van der Waals surface area contributed by atoms with E-state index in [2.05, 4.69) is 166 Å². The monoisotopic (exact) mass is 772 g/mol. The van der Waals surface area contributed by atoms with Crippen molar-refractivity contribution in [1.29, 1.82) is 0 Å². The van der Waals surface area contributed by atoms with Crippen LogP contribution in [-0.4, -0.2) is 15.0 Å². The van der Waals surface area contributed by atoms with E-state index in [-0.39, 0.29) is 5.41 Å². The quantitative estimate of drug-likeness (QED) is 0.154. The van der Waals surface area contributed by atoms with Gasteiger partial charge in [0.2, 0.25) is 0 Å². The van der Waals surface area contributed by atoms with Crippen molar-refractivity contribution in [1.82, 2.24) is 15.0 Å². The molecule has 60 heavy (non-hydrogen) atoms. The molecular weight excluding hydrogens is 729 g/mol. The molecule has 1 aliphatic carbocycles. The van der Waals surface area contributed by atoms with Crippen LogP contribution in [0.25, 0.3) is 67.5 Å². The molecule has 0 fully saturated rings. The van der Waals surface area contributed by atoms with Gasteiger partial charge in [0.05, 0.1) is 0 Å². The SMILES string of the molecule is Cc1cc(-c2nc(-c3ccccc3)nc(-c3ccccc3)n2)ccc1-c1ccc(N(c2ccc(-c3ccccc3)cc2)c2ccc3c(c2)C(C)(C)c2ccccc2-3)cc1C. The van der Waals surface area contributed by atoms with E-state index in [1.165, 1.54) is 50.1 Å². The molecule has 1 aliphatic rings. The number of aryl methyl sites for hydroxylation is 2. The molecular formula is C56H44N4. The van der Waals surface area contributed by atoms with Crippen LogP contribution in [0.15, 0.2) is 194 Å². The fourth-order valence-electron chi connectivity index (χ4n) is 8.84. The van der Waals surface area contributed by atoms with Gasteiger partial charge in [-0.3, -0.25) is 0 Å². The maximum Gasteiger partial charge on any atom is 0.164 e. The lowest BCUT2D eigenvalue weighted by Gasteiger charge is -2.29. The molecule has 0 aliphatic heterocycles. The van der Waals surface area contributed by atoms with Crippen molar-refractivity contribution >= 4 is 17.1 Å². The summed E-state index contributed by atoms with van der Waals surface area (Å²) in [6.07, 6.45) is 0. The van der Waals surface area contributed by atoms with Gasteiger partial charge in [0.15, 0.2) is 17.5 Å². The van der Waals surface area contributed by atoms with Gasteiger partial charge in [-0.05, 0) is 112 Å². The maximum absolute atomic E-state index is 4.99. The van der Waals surface area contributed by atoms with E-state index >= 15 is 0 Å². The van der Waals surface area contributed by atoms with Crippen LogP contribution in [0.5, 0.6) is 0 Å². The van der Waals surface area contributed by atoms with E-state index in [0.29, 0.717) is 17.5 Å². The summed E-state index contributed by atoms with van der Waals surface area (Å²) < 4.78 is 0. The summed E-state index contributed by atoms with van der Waals surface area (Å²) in [7, 11) is 0. The van der Waals surface area contributed by atoms with Crippen molar-refractivity contribution in [3.63, 3.8) is 0 Å². The Bertz CT molecular complexity index is 2950. The van der Waals surface area contributed by atoms with Crippen molar-refractivity contribution in [2.45, 2.75) is 33.1 Å². The first-order chi connectivity index (χ1) is 29.3. The van der Waals surface area contributed by atoms with Gasteiger partial charge in [0, 0.05) is 39.2 Å². The Morgan fingerprint density at radius 3 is 1.33 bits per heavy atom. The maximum atomic E-state index is 4.99. The molecule has 1 aromatic heterocycles. The number of benzene rings is 8. The predicted molar refractivity (Wildman–Crippen MR) is 249 cm³/mol. The summed E-state index contributed by atoms with van der Waals surface area (Å²) in [4.78, 5) is 17.3. The smallest absolute Gasteiger partial charge is 0.164 e. The van der Waals surface area contributed by atoms with Crippen molar-refractivity contribution in [3.8, 4) is 67.5 Å². The van der Waals surface area contributed by atoms with Crippen LogP contribution in [0.4, 0.5) is 17.1 Å². The van der Waals surface area contributed by atoms with Crippen molar-refractivity contribution < 1.29 is 0 Å². The lowest BCUT2D eigenvalue weighted by molar-refractivity contribution is 0.660. The fourth-order valence-corrected chi connectivity index (χ4v) is 8.84. The van der Waals surface area contributed by atoms with Crippen molar-refractivity contribution in [2.24, 2.45) is 0 Å². The van der Waals surface area contributed by atoms with E-state index < -0.39 is 0 Å². The van der Waals surface area contributed by atoms with Gasteiger partial charge in [0.25, 0.3) is 0 Å². The first-order valence-electron chi connectivity index (χ1n) is 20.6. The molecule has 0 bridgehead atoms. The zero-order chi connectivity index (χ0) is 40.8. The Morgan fingerprint density at radius 1 is 0.333 bits per heavy atom. The minimum atomic E-state index is -0.109. The molecule has 0 N–H and O–H groups in total. The molecule has 0 atom stereocenters. The third-order valence-corrected chi connectivity index (χ3v) is 12.0. The van der Waals surface area contributed by atoms with Gasteiger partial charge in [0.1, 0.15) is 0 Å². The second-order valence-electron chi connectivity index (χ2n) is 16.2. The number of rotatable bonds is 8. The molecule has 4 heteroatoms. The number of hydrogen-bond acceptors (Lipinski definition) is 4. The summed E-state index contributed by atoms with van der Waals surface area (Å²) in [5.41, 5.74) is 18.6. The number of fused-ring (bicyclic) bond motifs is 3.